The summed E-state index contributed by atoms with van der Waals surface area (Å²) in [7, 11) is 3.55. The number of likely N-dealkylation sites (N-methyl/N-ethyl adjacent to an activating group) is 1. The Labute approximate surface area is 224 Å². The van der Waals surface area contributed by atoms with Gasteiger partial charge >= 0.3 is 0 Å². The third-order valence-electron chi connectivity index (χ3n) is 5.79. The van der Waals surface area contributed by atoms with Gasteiger partial charge in [-0.25, -0.2) is 0 Å². The molecule has 6 nitrogen and oxygen atoms in total. The lowest BCUT2D eigenvalue weighted by atomic mass is 10.0. The Hall–Kier alpha value is -1.32. The lowest BCUT2D eigenvalue weighted by Crippen LogP contribution is -2.39. The molecule has 2 N–H and O–H groups in total. The summed E-state index contributed by atoms with van der Waals surface area (Å²) in [5, 5.41) is 6.14. The number of hydrogen-bond acceptors (Lipinski definition) is 6. The van der Waals surface area contributed by atoms with Crippen molar-refractivity contribution in [1.29, 1.82) is 0 Å². The molecule has 0 radical (unpaired) electrons. The largest absolute Gasteiger partial charge is 0.382 e. The fraction of sp³-hybridized carbons (Fsp3) is 0.500. The lowest BCUT2D eigenvalue weighted by molar-refractivity contribution is -0.131. The standard InChI is InChI=1S/C21H24Cl2N2O.C5H13NO2S/c1-24(21(26)14-16-9-10-18(22)19(23)13-16)20(15-25-11-5-6-12-25)17-7-3-2-4-8-17;1-7-2-3-8-4-5-9-6/h2-4,7-10,13,20H,5-6,11-12,14-15H2,1H3;2-6H2,1H3. The summed E-state index contributed by atoms with van der Waals surface area (Å²) >= 11 is 13.4. The molecule has 1 aliphatic heterocycles. The van der Waals surface area contributed by atoms with Gasteiger partial charge in [0.25, 0.3) is 0 Å². The smallest absolute Gasteiger partial charge is 0.227 e. The number of rotatable bonds is 12. The number of hydrogen-bond donors (Lipinski definition) is 1. The van der Waals surface area contributed by atoms with Crippen molar-refractivity contribution in [2.24, 2.45) is 5.14 Å². The number of nitrogens with two attached hydrogens (primary N) is 1. The van der Waals surface area contributed by atoms with Crippen LogP contribution in [0.4, 0.5) is 0 Å². The summed E-state index contributed by atoms with van der Waals surface area (Å²) in [6.45, 7) is 5.13. The van der Waals surface area contributed by atoms with Gasteiger partial charge in [-0.1, -0.05) is 71.5 Å². The van der Waals surface area contributed by atoms with Gasteiger partial charge in [0.15, 0.2) is 0 Å². The minimum absolute atomic E-state index is 0.0459. The first kappa shape index (κ1) is 29.9. The summed E-state index contributed by atoms with van der Waals surface area (Å²) in [6, 6.07) is 15.7. The lowest BCUT2D eigenvalue weighted by Gasteiger charge is -2.32. The summed E-state index contributed by atoms with van der Waals surface area (Å²) < 4.78 is 9.85. The van der Waals surface area contributed by atoms with Crippen molar-refractivity contribution in [3.8, 4) is 0 Å². The Morgan fingerprint density at radius 1 is 1.09 bits per heavy atom. The molecular formula is C26H37Cl2N3O3S. The molecule has 1 heterocycles. The van der Waals surface area contributed by atoms with Crippen LogP contribution in [0.1, 0.15) is 30.0 Å². The van der Waals surface area contributed by atoms with E-state index in [1.165, 1.54) is 30.4 Å². The van der Waals surface area contributed by atoms with Gasteiger partial charge in [-0.2, -0.15) is 0 Å². The average Bonchev–Trinajstić information content (AvgIpc) is 3.39. The van der Waals surface area contributed by atoms with Crippen LogP contribution in [-0.4, -0.2) is 75.1 Å². The predicted octanol–water partition coefficient (Wildman–Crippen LogP) is 5.09. The zero-order chi connectivity index (χ0) is 25.5. The van der Waals surface area contributed by atoms with E-state index in [0.29, 0.717) is 36.3 Å². The highest BCUT2D eigenvalue weighted by Crippen LogP contribution is 2.26. The maximum Gasteiger partial charge on any atom is 0.227 e. The van der Waals surface area contributed by atoms with Gasteiger partial charge in [0.2, 0.25) is 5.91 Å². The number of benzene rings is 2. The zero-order valence-corrected chi connectivity index (χ0v) is 23.0. The molecule has 1 unspecified atom stereocenters. The van der Waals surface area contributed by atoms with E-state index in [1.807, 2.05) is 36.2 Å². The second kappa shape index (κ2) is 17.2. The minimum Gasteiger partial charge on any atom is -0.382 e. The third-order valence-corrected chi connectivity index (χ3v) is 6.93. The molecule has 0 bridgehead atoms. The minimum atomic E-state index is 0.0459. The van der Waals surface area contributed by atoms with Crippen LogP contribution >= 0.6 is 35.1 Å². The van der Waals surface area contributed by atoms with E-state index in [9.17, 15) is 4.79 Å². The number of ether oxygens (including phenoxy) is 2. The monoisotopic (exact) mass is 541 g/mol. The number of likely N-dealkylation sites (tertiary alicyclic amines) is 1. The molecule has 1 aliphatic rings. The Morgan fingerprint density at radius 2 is 1.80 bits per heavy atom. The molecule has 0 spiro atoms. The van der Waals surface area contributed by atoms with Crippen LogP contribution in [0.15, 0.2) is 48.5 Å². The van der Waals surface area contributed by atoms with Crippen molar-refractivity contribution in [3.63, 3.8) is 0 Å². The molecule has 9 heteroatoms. The molecule has 0 aliphatic carbocycles. The van der Waals surface area contributed by atoms with Crippen LogP contribution in [0.3, 0.4) is 0 Å². The summed E-state index contributed by atoms with van der Waals surface area (Å²) in [5.74, 6) is 0.931. The van der Waals surface area contributed by atoms with Gasteiger partial charge in [-0.05, 0) is 49.2 Å². The van der Waals surface area contributed by atoms with E-state index < -0.39 is 0 Å². The van der Waals surface area contributed by atoms with Crippen LogP contribution in [0.25, 0.3) is 0 Å². The van der Waals surface area contributed by atoms with Crippen molar-refractivity contribution in [1.82, 2.24) is 9.80 Å². The van der Waals surface area contributed by atoms with E-state index in [0.717, 1.165) is 31.0 Å². The number of halogens is 2. The first-order chi connectivity index (χ1) is 17.0. The summed E-state index contributed by atoms with van der Waals surface area (Å²) in [6.07, 6.45) is 2.79. The molecule has 1 fully saturated rings. The van der Waals surface area contributed by atoms with Crippen molar-refractivity contribution < 1.29 is 14.3 Å². The molecule has 1 atom stereocenters. The Bertz CT molecular complexity index is 864. The Kier molecular flexibility index (Phi) is 14.7. The molecule has 1 amide bonds. The highest BCUT2D eigenvalue weighted by molar-refractivity contribution is 7.97. The maximum atomic E-state index is 12.9. The van der Waals surface area contributed by atoms with Gasteiger partial charge in [0.05, 0.1) is 42.3 Å². The molecule has 2 aromatic rings. The second-order valence-electron chi connectivity index (χ2n) is 8.34. The highest BCUT2D eigenvalue weighted by Gasteiger charge is 2.25. The number of amides is 1. The quantitative estimate of drug-likeness (QED) is 0.298. The molecule has 1 saturated heterocycles. The van der Waals surface area contributed by atoms with Crippen molar-refractivity contribution in [2.45, 2.75) is 25.3 Å². The molecule has 194 valence electrons. The Balaban J connectivity index is 0.000000410. The summed E-state index contributed by atoms with van der Waals surface area (Å²) in [5.41, 5.74) is 2.05. The number of methoxy groups -OCH3 is 1. The average molecular weight is 543 g/mol. The van der Waals surface area contributed by atoms with E-state index in [2.05, 4.69) is 17.0 Å². The van der Waals surface area contributed by atoms with Crippen molar-refractivity contribution in [2.75, 3.05) is 59.4 Å². The van der Waals surface area contributed by atoms with E-state index in [4.69, 9.17) is 37.8 Å². The number of nitrogens with zero attached hydrogens (tertiary/aromatic N) is 2. The van der Waals surface area contributed by atoms with Gasteiger partial charge in [0, 0.05) is 26.5 Å². The first-order valence-corrected chi connectivity index (χ1v) is 13.6. The highest BCUT2D eigenvalue weighted by atomic mass is 35.5. The van der Waals surface area contributed by atoms with Crippen molar-refractivity contribution in [3.05, 3.63) is 69.7 Å². The summed E-state index contributed by atoms with van der Waals surface area (Å²) in [4.78, 5) is 17.2. The van der Waals surface area contributed by atoms with Crippen LogP contribution in [-0.2, 0) is 20.7 Å². The van der Waals surface area contributed by atoms with Gasteiger partial charge in [0.1, 0.15) is 0 Å². The van der Waals surface area contributed by atoms with E-state index in [1.54, 1.807) is 19.2 Å². The van der Waals surface area contributed by atoms with Gasteiger partial charge < -0.3 is 19.3 Å². The maximum absolute atomic E-state index is 12.9. The topological polar surface area (TPSA) is 68.0 Å². The van der Waals surface area contributed by atoms with Crippen LogP contribution < -0.4 is 5.14 Å². The fourth-order valence-corrected chi connectivity index (χ4v) is 4.35. The van der Waals surface area contributed by atoms with E-state index in [-0.39, 0.29) is 11.9 Å². The SMILES string of the molecule is CN(C(=O)Cc1ccc(Cl)c(Cl)c1)C(CN1CCCC1)c1ccccc1.COCCOCCSN. The van der Waals surface area contributed by atoms with Crippen LogP contribution in [0, 0.1) is 0 Å². The fourth-order valence-electron chi connectivity index (χ4n) is 3.81. The third kappa shape index (κ3) is 11.1. The number of carbonyl (C=O) groups excluding carboxylic acids is 1. The Morgan fingerprint density at radius 3 is 2.43 bits per heavy atom. The molecule has 0 aromatic heterocycles. The van der Waals surface area contributed by atoms with Crippen molar-refractivity contribution >= 4 is 41.1 Å². The van der Waals surface area contributed by atoms with Crippen LogP contribution in [0.2, 0.25) is 10.0 Å². The van der Waals surface area contributed by atoms with Gasteiger partial charge in [-0.15, -0.1) is 0 Å². The van der Waals surface area contributed by atoms with Crippen LogP contribution in [0.5, 0.6) is 0 Å². The van der Waals surface area contributed by atoms with E-state index >= 15 is 0 Å². The first-order valence-electron chi connectivity index (χ1n) is 11.8. The molecule has 3 rings (SSSR count). The zero-order valence-electron chi connectivity index (χ0n) is 20.6. The molecule has 35 heavy (non-hydrogen) atoms. The molecular weight excluding hydrogens is 505 g/mol. The predicted molar refractivity (Wildman–Crippen MR) is 147 cm³/mol. The molecule has 0 saturated carbocycles. The molecule has 2 aromatic carbocycles. The van der Waals surface area contributed by atoms with Gasteiger partial charge in [-0.3, -0.25) is 9.93 Å². The number of carbonyl (C=O) groups is 1. The second-order valence-corrected chi connectivity index (χ2v) is 9.90. The normalized spacial score (nSPS) is 14.3.